The number of hydrogen-bond acceptors (Lipinski definition) is 2. The maximum atomic E-state index is 5.33. The van der Waals surface area contributed by atoms with Gasteiger partial charge in [0.2, 0.25) is 0 Å². The molecule has 1 aromatic rings. The third kappa shape index (κ3) is 4.53. The number of hydrogen-bond donors (Lipinski definition) is 0. The molecular formula is C11H16O2. The second-order valence-electron chi connectivity index (χ2n) is 2.84. The van der Waals surface area contributed by atoms with Crippen LogP contribution in [0.15, 0.2) is 30.3 Å². The van der Waals surface area contributed by atoms with Crippen LogP contribution in [0, 0.1) is 0 Å². The van der Waals surface area contributed by atoms with Crippen LogP contribution in [0.4, 0.5) is 0 Å². The summed E-state index contributed by atoms with van der Waals surface area (Å²) in [5.74, 6) is 0.860. The summed E-state index contributed by atoms with van der Waals surface area (Å²) in [6.45, 7) is 3.27. The monoisotopic (exact) mass is 180 g/mol. The molecule has 0 saturated carbocycles. The molecule has 1 rings (SSSR count). The van der Waals surface area contributed by atoms with E-state index >= 15 is 0 Å². The molecule has 0 aliphatic rings. The van der Waals surface area contributed by atoms with Crippen molar-refractivity contribution < 1.29 is 9.47 Å². The van der Waals surface area contributed by atoms with Crippen LogP contribution >= 0.6 is 0 Å². The van der Waals surface area contributed by atoms with E-state index in [1.165, 1.54) is 0 Å². The van der Waals surface area contributed by atoms with Gasteiger partial charge in [0.25, 0.3) is 0 Å². The molecular weight excluding hydrogens is 164 g/mol. The standard InChI is InChI=1S/C11H16O2/c1-2-3-9-12-10-13-11-7-5-4-6-8-11/h4-8H,2-3,9-10H2,1H3. The molecule has 0 radical (unpaired) electrons. The largest absolute Gasteiger partial charge is 0.468 e. The van der Waals surface area contributed by atoms with Gasteiger partial charge in [-0.25, -0.2) is 0 Å². The Bertz CT molecular complexity index is 209. The number of unbranched alkanes of at least 4 members (excludes halogenated alkanes) is 1. The lowest BCUT2D eigenvalue weighted by Gasteiger charge is -2.05. The summed E-state index contributed by atoms with van der Waals surface area (Å²) in [6, 6.07) is 9.69. The quantitative estimate of drug-likeness (QED) is 0.495. The fraction of sp³-hybridized carbons (Fsp3) is 0.455. The van der Waals surface area contributed by atoms with E-state index in [0.29, 0.717) is 6.79 Å². The highest BCUT2D eigenvalue weighted by molar-refractivity contribution is 5.20. The van der Waals surface area contributed by atoms with E-state index in [-0.39, 0.29) is 0 Å². The Morgan fingerprint density at radius 1 is 1.15 bits per heavy atom. The van der Waals surface area contributed by atoms with Gasteiger partial charge in [-0.3, -0.25) is 0 Å². The Balaban J connectivity index is 2.07. The van der Waals surface area contributed by atoms with Crippen molar-refractivity contribution >= 4 is 0 Å². The van der Waals surface area contributed by atoms with Gasteiger partial charge < -0.3 is 9.47 Å². The van der Waals surface area contributed by atoms with Crippen molar-refractivity contribution in [3.8, 4) is 5.75 Å². The molecule has 72 valence electrons. The molecule has 0 heterocycles. The van der Waals surface area contributed by atoms with Crippen LogP contribution in [0.5, 0.6) is 5.75 Å². The average Bonchev–Trinajstić information content (AvgIpc) is 2.19. The normalized spacial score (nSPS) is 9.92. The number of ether oxygens (including phenoxy) is 2. The molecule has 0 aromatic heterocycles. The highest BCUT2D eigenvalue weighted by Crippen LogP contribution is 2.07. The predicted octanol–water partition coefficient (Wildman–Crippen LogP) is 2.84. The van der Waals surface area contributed by atoms with Gasteiger partial charge in [-0.1, -0.05) is 31.5 Å². The number of rotatable bonds is 6. The highest BCUT2D eigenvalue weighted by Gasteiger charge is 1.90. The predicted molar refractivity (Wildman–Crippen MR) is 52.8 cm³/mol. The fourth-order valence-corrected chi connectivity index (χ4v) is 0.932. The minimum Gasteiger partial charge on any atom is -0.468 e. The van der Waals surface area contributed by atoms with Crippen molar-refractivity contribution in [3.05, 3.63) is 30.3 Å². The summed E-state index contributed by atoms with van der Waals surface area (Å²) >= 11 is 0. The molecule has 13 heavy (non-hydrogen) atoms. The molecule has 0 bridgehead atoms. The molecule has 0 aliphatic carbocycles. The SMILES string of the molecule is CCCCOCOc1ccccc1. The first-order chi connectivity index (χ1) is 6.43. The van der Waals surface area contributed by atoms with Crippen molar-refractivity contribution in [2.45, 2.75) is 19.8 Å². The van der Waals surface area contributed by atoms with Crippen LogP contribution in [0.3, 0.4) is 0 Å². The van der Waals surface area contributed by atoms with Crippen molar-refractivity contribution in [3.63, 3.8) is 0 Å². The molecule has 2 heteroatoms. The van der Waals surface area contributed by atoms with Crippen molar-refractivity contribution in [2.24, 2.45) is 0 Å². The summed E-state index contributed by atoms with van der Waals surface area (Å²) < 4.78 is 10.6. The summed E-state index contributed by atoms with van der Waals surface area (Å²) in [4.78, 5) is 0. The molecule has 0 atom stereocenters. The molecule has 0 saturated heterocycles. The lowest BCUT2D eigenvalue weighted by atomic mass is 10.3. The van der Waals surface area contributed by atoms with Gasteiger partial charge in [0.1, 0.15) is 5.75 Å². The van der Waals surface area contributed by atoms with Gasteiger partial charge in [0.05, 0.1) is 6.61 Å². The van der Waals surface area contributed by atoms with Crippen LogP contribution in [0.1, 0.15) is 19.8 Å². The van der Waals surface area contributed by atoms with Gasteiger partial charge in [-0.2, -0.15) is 0 Å². The van der Waals surface area contributed by atoms with E-state index in [9.17, 15) is 0 Å². The van der Waals surface area contributed by atoms with Gasteiger partial charge in [0.15, 0.2) is 6.79 Å². The van der Waals surface area contributed by atoms with E-state index in [1.807, 2.05) is 30.3 Å². The van der Waals surface area contributed by atoms with Crippen LogP contribution < -0.4 is 4.74 Å². The zero-order chi connectivity index (χ0) is 9.36. The first-order valence-corrected chi connectivity index (χ1v) is 4.69. The van der Waals surface area contributed by atoms with Gasteiger partial charge in [0, 0.05) is 0 Å². The third-order valence-corrected chi connectivity index (χ3v) is 1.69. The molecule has 2 nitrogen and oxygen atoms in total. The van der Waals surface area contributed by atoms with E-state index in [4.69, 9.17) is 9.47 Å². The van der Waals surface area contributed by atoms with Crippen molar-refractivity contribution in [2.75, 3.05) is 13.4 Å². The van der Waals surface area contributed by atoms with Crippen molar-refractivity contribution in [1.82, 2.24) is 0 Å². The topological polar surface area (TPSA) is 18.5 Å². The number of para-hydroxylation sites is 1. The summed E-state index contributed by atoms with van der Waals surface area (Å²) in [5, 5.41) is 0. The Hall–Kier alpha value is -1.02. The minimum atomic E-state index is 0.351. The molecule has 0 amide bonds. The molecule has 0 fully saturated rings. The first-order valence-electron chi connectivity index (χ1n) is 4.69. The summed E-state index contributed by atoms with van der Waals surface area (Å²) in [7, 11) is 0. The lowest BCUT2D eigenvalue weighted by molar-refractivity contribution is 0.0141. The smallest absolute Gasteiger partial charge is 0.189 e. The van der Waals surface area contributed by atoms with Crippen LogP contribution in [-0.2, 0) is 4.74 Å². The molecule has 0 N–H and O–H groups in total. The molecule has 0 spiro atoms. The second kappa shape index (κ2) is 6.49. The second-order valence-corrected chi connectivity index (χ2v) is 2.84. The average molecular weight is 180 g/mol. The van der Waals surface area contributed by atoms with Crippen LogP contribution in [0.2, 0.25) is 0 Å². The maximum Gasteiger partial charge on any atom is 0.189 e. The van der Waals surface area contributed by atoms with Crippen LogP contribution in [0.25, 0.3) is 0 Å². The number of benzene rings is 1. The molecule has 0 aliphatic heterocycles. The first kappa shape index (κ1) is 10.1. The van der Waals surface area contributed by atoms with E-state index in [1.54, 1.807) is 0 Å². The Labute approximate surface area is 79.5 Å². The minimum absolute atomic E-state index is 0.351. The zero-order valence-corrected chi connectivity index (χ0v) is 8.03. The van der Waals surface area contributed by atoms with Gasteiger partial charge >= 0.3 is 0 Å². The van der Waals surface area contributed by atoms with Crippen molar-refractivity contribution in [1.29, 1.82) is 0 Å². The Morgan fingerprint density at radius 2 is 1.92 bits per heavy atom. The van der Waals surface area contributed by atoms with Gasteiger partial charge in [-0.05, 0) is 18.6 Å². The highest BCUT2D eigenvalue weighted by atomic mass is 16.7. The molecule has 1 aromatic carbocycles. The molecule has 0 unspecified atom stereocenters. The summed E-state index contributed by atoms with van der Waals surface area (Å²) in [6.07, 6.45) is 2.25. The van der Waals surface area contributed by atoms with E-state index < -0.39 is 0 Å². The summed E-state index contributed by atoms with van der Waals surface area (Å²) in [5.41, 5.74) is 0. The van der Waals surface area contributed by atoms with E-state index in [2.05, 4.69) is 6.92 Å². The fourth-order valence-electron chi connectivity index (χ4n) is 0.932. The Kier molecular flexibility index (Phi) is 5.02. The van der Waals surface area contributed by atoms with Gasteiger partial charge in [-0.15, -0.1) is 0 Å². The lowest BCUT2D eigenvalue weighted by Crippen LogP contribution is -2.03. The van der Waals surface area contributed by atoms with E-state index in [0.717, 1.165) is 25.2 Å². The Morgan fingerprint density at radius 3 is 2.62 bits per heavy atom. The van der Waals surface area contributed by atoms with Crippen LogP contribution in [-0.4, -0.2) is 13.4 Å². The zero-order valence-electron chi connectivity index (χ0n) is 8.03. The third-order valence-electron chi connectivity index (χ3n) is 1.69. The maximum absolute atomic E-state index is 5.33.